The molecule has 1 fully saturated rings. The number of aliphatic hydroxyl groups is 1. The van der Waals surface area contributed by atoms with Gasteiger partial charge in [0.05, 0.1) is 12.0 Å². The first-order valence-corrected chi connectivity index (χ1v) is 4.04. The molecule has 1 unspecified atom stereocenters. The van der Waals surface area contributed by atoms with Crippen LogP contribution in [0.2, 0.25) is 0 Å². The van der Waals surface area contributed by atoms with Gasteiger partial charge in [0.15, 0.2) is 0 Å². The molecule has 1 aliphatic carbocycles. The highest BCUT2D eigenvalue weighted by molar-refractivity contribution is 5.70. The molecule has 0 saturated heterocycles. The third-order valence-corrected chi connectivity index (χ3v) is 2.57. The van der Waals surface area contributed by atoms with Crippen LogP contribution < -0.4 is 0 Å². The smallest absolute Gasteiger partial charge is 0.306 e. The molecule has 1 rings (SSSR count). The van der Waals surface area contributed by atoms with Crippen molar-refractivity contribution in [3.63, 3.8) is 0 Å². The summed E-state index contributed by atoms with van der Waals surface area (Å²) in [6.07, 6.45) is 1.89. The minimum Gasteiger partial charge on any atom is -0.481 e. The molecule has 0 aromatic rings. The molecule has 0 spiro atoms. The van der Waals surface area contributed by atoms with E-state index in [0.717, 1.165) is 12.8 Å². The predicted octanol–water partition coefficient (Wildman–Crippen LogP) is 0.868. The lowest BCUT2D eigenvalue weighted by Gasteiger charge is -2.29. The van der Waals surface area contributed by atoms with Gasteiger partial charge < -0.3 is 10.2 Å². The third-order valence-electron chi connectivity index (χ3n) is 2.57. The van der Waals surface area contributed by atoms with Crippen LogP contribution in [0.15, 0.2) is 0 Å². The zero-order valence-corrected chi connectivity index (χ0v) is 6.66. The number of rotatable bonds is 1. The number of hydrogen-bond acceptors (Lipinski definition) is 2. The van der Waals surface area contributed by atoms with Crippen molar-refractivity contribution in [1.82, 2.24) is 0 Å². The maximum Gasteiger partial charge on any atom is 0.306 e. The van der Waals surface area contributed by atoms with E-state index in [-0.39, 0.29) is 11.8 Å². The number of hydrogen-bond donors (Lipinski definition) is 2. The maximum atomic E-state index is 10.6. The lowest BCUT2D eigenvalue weighted by molar-refractivity contribution is -0.147. The van der Waals surface area contributed by atoms with Crippen molar-refractivity contribution in [3.8, 4) is 0 Å². The van der Waals surface area contributed by atoms with Crippen LogP contribution in [-0.2, 0) is 4.79 Å². The van der Waals surface area contributed by atoms with Crippen LogP contribution in [0.3, 0.4) is 0 Å². The molecular formula is C8H14O3. The van der Waals surface area contributed by atoms with E-state index in [0.29, 0.717) is 6.42 Å². The fraction of sp³-hybridized carbons (Fsp3) is 0.875. The fourth-order valence-electron chi connectivity index (χ4n) is 1.69. The van der Waals surface area contributed by atoms with Gasteiger partial charge in [-0.3, -0.25) is 4.79 Å². The quantitative estimate of drug-likeness (QED) is 0.595. The van der Waals surface area contributed by atoms with Crippen molar-refractivity contribution in [3.05, 3.63) is 0 Å². The first-order valence-electron chi connectivity index (χ1n) is 4.04. The molecule has 0 amide bonds. The Hall–Kier alpha value is -0.570. The summed E-state index contributed by atoms with van der Waals surface area (Å²) in [6, 6.07) is 0. The van der Waals surface area contributed by atoms with Gasteiger partial charge in [-0.1, -0.05) is 6.92 Å². The zero-order valence-electron chi connectivity index (χ0n) is 6.66. The Morgan fingerprint density at radius 3 is 2.55 bits per heavy atom. The van der Waals surface area contributed by atoms with Gasteiger partial charge >= 0.3 is 5.97 Å². The summed E-state index contributed by atoms with van der Waals surface area (Å²) >= 11 is 0. The maximum absolute atomic E-state index is 10.6. The van der Waals surface area contributed by atoms with E-state index >= 15 is 0 Å². The molecule has 3 atom stereocenters. The number of aliphatic carboxylic acids is 1. The van der Waals surface area contributed by atoms with Crippen molar-refractivity contribution < 1.29 is 15.0 Å². The highest BCUT2D eigenvalue weighted by atomic mass is 16.4. The molecule has 1 saturated carbocycles. The molecule has 3 nitrogen and oxygen atoms in total. The summed E-state index contributed by atoms with van der Waals surface area (Å²) in [5.41, 5.74) is 0. The van der Waals surface area contributed by atoms with Crippen LogP contribution in [0.25, 0.3) is 0 Å². The van der Waals surface area contributed by atoms with Crippen LogP contribution in [0.1, 0.15) is 26.2 Å². The second-order valence-electron chi connectivity index (χ2n) is 3.30. The summed E-state index contributed by atoms with van der Waals surface area (Å²) in [7, 11) is 0. The van der Waals surface area contributed by atoms with Gasteiger partial charge in [-0.05, 0) is 25.2 Å². The zero-order chi connectivity index (χ0) is 8.43. The molecule has 3 heteroatoms. The van der Waals surface area contributed by atoms with E-state index < -0.39 is 12.1 Å². The van der Waals surface area contributed by atoms with Gasteiger partial charge in [0, 0.05) is 0 Å². The molecule has 0 aliphatic heterocycles. The lowest BCUT2D eigenvalue weighted by Crippen LogP contribution is -2.34. The highest BCUT2D eigenvalue weighted by Crippen LogP contribution is 2.29. The van der Waals surface area contributed by atoms with Crippen molar-refractivity contribution >= 4 is 5.97 Å². The van der Waals surface area contributed by atoms with Crippen LogP contribution in [0.5, 0.6) is 0 Å². The molecule has 64 valence electrons. The Balaban J connectivity index is 2.58. The second-order valence-corrected chi connectivity index (χ2v) is 3.30. The van der Waals surface area contributed by atoms with Gasteiger partial charge in [-0.25, -0.2) is 0 Å². The van der Waals surface area contributed by atoms with E-state index in [4.69, 9.17) is 5.11 Å². The monoisotopic (exact) mass is 158 g/mol. The van der Waals surface area contributed by atoms with Gasteiger partial charge in [-0.15, -0.1) is 0 Å². The fourth-order valence-corrected chi connectivity index (χ4v) is 1.69. The van der Waals surface area contributed by atoms with Crippen LogP contribution >= 0.6 is 0 Å². The highest BCUT2D eigenvalue weighted by Gasteiger charge is 2.32. The summed E-state index contributed by atoms with van der Waals surface area (Å²) in [4.78, 5) is 10.6. The number of aliphatic hydroxyl groups excluding tert-OH is 1. The predicted molar refractivity (Wildman–Crippen MR) is 40.1 cm³/mol. The Labute approximate surface area is 66.0 Å². The number of carbonyl (C=O) groups is 1. The molecule has 0 heterocycles. The van der Waals surface area contributed by atoms with Gasteiger partial charge in [0.2, 0.25) is 0 Å². The van der Waals surface area contributed by atoms with E-state index in [1.165, 1.54) is 0 Å². The standard InChI is InChI=1S/C8H14O3/c1-5-6(8(10)11)3-2-4-7(5)9/h5-7,9H,2-4H2,1H3,(H,10,11)/t5?,6-,7-/m0/s1. The normalized spacial score (nSPS) is 38.5. The first kappa shape index (κ1) is 8.53. The van der Waals surface area contributed by atoms with E-state index in [1.54, 1.807) is 0 Å². The lowest BCUT2D eigenvalue weighted by atomic mass is 9.78. The summed E-state index contributed by atoms with van der Waals surface area (Å²) in [5.74, 6) is -1.18. The Kier molecular flexibility index (Phi) is 2.49. The van der Waals surface area contributed by atoms with Crippen molar-refractivity contribution in [1.29, 1.82) is 0 Å². The SMILES string of the molecule is CC1[C@@H](C(=O)O)CCC[C@@H]1O. The Bertz CT molecular complexity index is 155. The number of carboxylic acid groups (broad SMARTS) is 1. The van der Waals surface area contributed by atoms with E-state index in [2.05, 4.69) is 0 Å². The first-order chi connectivity index (χ1) is 5.13. The third kappa shape index (κ3) is 1.71. The van der Waals surface area contributed by atoms with Crippen molar-refractivity contribution in [2.45, 2.75) is 32.3 Å². The van der Waals surface area contributed by atoms with Crippen LogP contribution in [0, 0.1) is 11.8 Å². The average molecular weight is 158 g/mol. The van der Waals surface area contributed by atoms with Crippen LogP contribution in [-0.4, -0.2) is 22.3 Å². The Morgan fingerprint density at radius 2 is 2.09 bits per heavy atom. The summed E-state index contributed by atoms with van der Waals surface area (Å²) in [5, 5.41) is 18.0. The largest absolute Gasteiger partial charge is 0.481 e. The van der Waals surface area contributed by atoms with E-state index in [9.17, 15) is 9.90 Å². The van der Waals surface area contributed by atoms with Crippen molar-refractivity contribution in [2.75, 3.05) is 0 Å². The molecule has 0 aromatic heterocycles. The van der Waals surface area contributed by atoms with Crippen LogP contribution in [0.4, 0.5) is 0 Å². The van der Waals surface area contributed by atoms with Gasteiger partial charge in [-0.2, -0.15) is 0 Å². The van der Waals surface area contributed by atoms with E-state index in [1.807, 2.05) is 6.92 Å². The molecule has 2 N–H and O–H groups in total. The Morgan fingerprint density at radius 1 is 1.45 bits per heavy atom. The topological polar surface area (TPSA) is 57.5 Å². The molecule has 0 radical (unpaired) electrons. The molecule has 0 aromatic carbocycles. The summed E-state index contributed by atoms with van der Waals surface area (Å²) < 4.78 is 0. The molecule has 11 heavy (non-hydrogen) atoms. The molecule has 0 bridgehead atoms. The number of carboxylic acids is 1. The minimum atomic E-state index is -0.767. The molecule has 1 aliphatic rings. The summed E-state index contributed by atoms with van der Waals surface area (Å²) in [6.45, 7) is 1.81. The van der Waals surface area contributed by atoms with Gasteiger partial charge in [0.1, 0.15) is 0 Å². The van der Waals surface area contributed by atoms with Crippen molar-refractivity contribution in [2.24, 2.45) is 11.8 Å². The second kappa shape index (κ2) is 3.22. The van der Waals surface area contributed by atoms with Gasteiger partial charge in [0.25, 0.3) is 0 Å². The molecular weight excluding hydrogens is 144 g/mol. The minimum absolute atomic E-state index is 0.0822. The average Bonchev–Trinajstić information content (AvgIpc) is 1.94.